The Bertz CT molecular complexity index is 915. The molecule has 1 aliphatic rings. The summed E-state index contributed by atoms with van der Waals surface area (Å²) in [6, 6.07) is 10.0. The molecule has 1 aliphatic heterocycles. The van der Waals surface area contributed by atoms with Crippen LogP contribution in [0.1, 0.15) is 6.92 Å². The number of rotatable bonds is 3. The van der Waals surface area contributed by atoms with Gasteiger partial charge in [0.05, 0.1) is 22.1 Å². The number of aromatic amines is 1. The zero-order valence-electron chi connectivity index (χ0n) is 14.0. The van der Waals surface area contributed by atoms with Crippen molar-refractivity contribution < 1.29 is 4.79 Å². The summed E-state index contributed by atoms with van der Waals surface area (Å²) >= 11 is 6.35. The predicted molar refractivity (Wildman–Crippen MR) is 98.8 cm³/mol. The second kappa shape index (κ2) is 6.04. The molecule has 1 aromatic carbocycles. The summed E-state index contributed by atoms with van der Waals surface area (Å²) < 4.78 is 0. The third kappa shape index (κ3) is 2.82. The van der Waals surface area contributed by atoms with Crippen molar-refractivity contribution in [2.24, 2.45) is 0 Å². The van der Waals surface area contributed by atoms with Gasteiger partial charge in [-0.1, -0.05) is 23.7 Å². The molecule has 7 heteroatoms. The van der Waals surface area contributed by atoms with E-state index in [0.29, 0.717) is 5.02 Å². The van der Waals surface area contributed by atoms with E-state index in [1.165, 1.54) is 0 Å². The molecule has 1 fully saturated rings. The number of nitrogens with one attached hydrogen (secondary N) is 1. The molecular weight excluding hydrogens is 338 g/mol. The van der Waals surface area contributed by atoms with Crippen molar-refractivity contribution in [1.29, 1.82) is 0 Å². The van der Waals surface area contributed by atoms with Gasteiger partial charge in [-0.25, -0.2) is 9.97 Å². The second-order valence-electron chi connectivity index (χ2n) is 6.31. The first-order valence-electron chi connectivity index (χ1n) is 8.12. The Hall–Kier alpha value is -2.60. The average molecular weight is 356 g/mol. The van der Waals surface area contributed by atoms with Gasteiger partial charge in [-0.3, -0.25) is 4.79 Å². The quantitative estimate of drug-likeness (QED) is 0.784. The molecule has 128 valence electrons. The Morgan fingerprint density at radius 2 is 2.12 bits per heavy atom. The maximum absolute atomic E-state index is 11.5. The third-order valence-corrected chi connectivity index (χ3v) is 5.02. The van der Waals surface area contributed by atoms with E-state index in [2.05, 4.69) is 19.9 Å². The minimum absolute atomic E-state index is 0.0803. The predicted octanol–water partition coefficient (Wildman–Crippen LogP) is 2.95. The summed E-state index contributed by atoms with van der Waals surface area (Å²) in [5, 5.41) is 0.556. The van der Waals surface area contributed by atoms with Gasteiger partial charge in [0, 0.05) is 38.8 Å². The van der Waals surface area contributed by atoms with Gasteiger partial charge in [0.25, 0.3) is 0 Å². The summed E-state index contributed by atoms with van der Waals surface area (Å²) in [6.45, 7) is 3.12. The molecule has 0 unspecified atom stereocenters. The van der Waals surface area contributed by atoms with Crippen LogP contribution in [-0.4, -0.2) is 51.9 Å². The normalized spacial score (nSPS) is 14.6. The largest absolute Gasteiger partial charge is 0.352 e. The molecule has 0 radical (unpaired) electrons. The molecular formula is C18H18ClN5O. The molecule has 3 aromatic rings. The van der Waals surface area contributed by atoms with E-state index in [1.807, 2.05) is 37.4 Å². The Labute approximate surface area is 150 Å². The number of H-pyrrole nitrogens is 1. The van der Waals surface area contributed by atoms with Gasteiger partial charge in [0.15, 0.2) is 0 Å². The smallest absolute Gasteiger partial charge is 0.219 e. The van der Waals surface area contributed by atoms with Crippen LogP contribution in [0.15, 0.2) is 36.5 Å². The van der Waals surface area contributed by atoms with Gasteiger partial charge in [-0.05, 0) is 18.2 Å². The molecule has 1 amide bonds. The van der Waals surface area contributed by atoms with E-state index < -0.39 is 0 Å². The first-order valence-corrected chi connectivity index (χ1v) is 8.50. The van der Waals surface area contributed by atoms with Gasteiger partial charge < -0.3 is 14.8 Å². The maximum atomic E-state index is 11.5. The second-order valence-corrected chi connectivity index (χ2v) is 6.72. The molecule has 6 nitrogen and oxygen atoms in total. The van der Waals surface area contributed by atoms with Crippen molar-refractivity contribution in [3.05, 3.63) is 41.6 Å². The molecule has 4 rings (SSSR count). The molecule has 1 saturated heterocycles. The van der Waals surface area contributed by atoms with Crippen LogP contribution in [-0.2, 0) is 4.79 Å². The van der Waals surface area contributed by atoms with Gasteiger partial charge >= 0.3 is 0 Å². The lowest BCUT2D eigenvalue weighted by Gasteiger charge is -2.44. The van der Waals surface area contributed by atoms with Crippen molar-refractivity contribution in [3.8, 4) is 11.4 Å². The summed E-state index contributed by atoms with van der Waals surface area (Å²) in [5.41, 5.74) is 2.70. The topological polar surface area (TPSA) is 65.1 Å². The minimum atomic E-state index is 0.0803. The number of amides is 1. The van der Waals surface area contributed by atoms with Crippen molar-refractivity contribution in [1.82, 2.24) is 19.9 Å². The van der Waals surface area contributed by atoms with Crippen molar-refractivity contribution in [2.45, 2.75) is 13.0 Å². The number of carbonyl (C=O) groups excluding carboxylic acids is 1. The lowest BCUT2D eigenvalue weighted by atomic mass is 10.1. The minimum Gasteiger partial charge on any atom is -0.352 e. The summed E-state index contributed by atoms with van der Waals surface area (Å²) in [4.78, 5) is 27.7. The summed E-state index contributed by atoms with van der Waals surface area (Å²) in [5.74, 6) is 1.65. The van der Waals surface area contributed by atoms with Crippen LogP contribution in [0.2, 0.25) is 5.02 Å². The molecule has 3 heterocycles. The SMILES string of the molecule is CC(=O)N(C)C1CN(c2cc(-c3nc4ccccc4[nH]3)c(Cl)cn2)C1. The first-order chi connectivity index (χ1) is 12.0. The summed E-state index contributed by atoms with van der Waals surface area (Å²) in [7, 11) is 1.83. The average Bonchev–Trinajstić information content (AvgIpc) is 2.98. The number of halogens is 1. The Kier molecular flexibility index (Phi) is 3.84. The molecule has 25 heavy (non-hydrogen) atoms. The highest BCUT2D eigenvalue weighted by atomic mass is 35.5. The molecule has 0 saturated carbocycles. The zero-order valence-corrected chi connectivity index (χ0v) is 14.8. The monoisotopic (exact) mass is 355 g/mol. The van der Waals surface area contributed by atoms with Crippen molar-refractivity contribution in [2.75, 3.05) is 25.0 Å². The number of fused-ring (bicyclic) bond motifs is 1. The number of benzene rings is 1. The molecule has 0 aliphatic carbocycles. The number of anilines is 1. The van der Waals surface area contributed by atoms with E-state index >= 15 is 0 Å². The van der Waals surface area contributed by atoms with Crippen LogP contribution in [0.4, 0.5) is 5.82 Å². The number of pyridine rings is 1. The Morgan fingerprint density at radius 1 is 1.36 bits per heavy atom. The van der Waals surface area contributed by atoms with E-state index in [4.69, 9.17) is 11.6 Å². The van der Waals surface area contributed by atoms with Gasteiger partial charge in [-0.15, -0.1) is 0 Å². The number of imidazole rings is 1. The summed E-state index contributed by atoms with van der Waals surface area (Å²) in [6.07, 6.45) is 1.65. The number of carbonyl (C=O) groups is 1. The van der Waals surface area contributed by atoms with Crippen LogP contribution < -0.4 is 4.90 Å². The maximum Gasteiger partial charge on any atom is 0.219 e. The fourth-order valence-electron chi connectivity index (χ4n) is 3.01. The molecule has 1 N–H and O–H groups in total. The number of hydrogen-bond acceptors (Lipinski definition) is 4. The standard InChI is InChI=1S/C18H18ClN5O/c1-11(25)23(2)12-9-24(10-12)17-7-13(14(19)8-20-17)18-21-15-5-3-4-6-16(15)22-18/h3-8,12H,9-10H2,1-2H3,(H,21,22). The zero-order chi connectivity index (χ0) is 17.6. The van der Waals surface area contributed by atoms with Crippen LogP contribution >= 0.6 is 11.6 Å². The van der Waals surface area contributed by atoms with Crippen LogP contribution in [0.5, 0.6) is 0 Å². The van der Waals surface area contributed by atoms with Crippen molar-refractivity contribution >= 4 is 34.4 Å². The number of para-hydroxylation sites is 2. The Balaban J connectivity index is 1.60. The van der Waals surface area contributed by atoms with E-state index in [1.54, 1.807) is 18.0 Å². The highest BCUT2D eigenvalue weighted by molar-refractivity contribution is 6.33. The number of hydrogen-bond donors (Lipinski definition) is 1. The fraction of sp³-hybridized carbons (Fsp3) is 0.278. The Morgan fingerprint density at radius 3 is 2.84 bits per heavy atom. The lowest BCUT2D eigenvalue weighted by molar-refractivity contribution is -0.130. The lowest BCUT2D eigenvalue weighted by Crippen LogP contribution is -2.59. The first kappa shape index (κ1) is 15.9. The van der Waals surface area contributed by atoms with E-state index in [9.17, 15) is 4.79 Å². The van der Waals surface area contributed by atoms with E-state index in [-0.39, 0.29) is 11.9 Å². The van der Waals surface area contributed by atoms with Gasteiger partial charge in [0.1, 0.15) is 11.6 Å². The van der Waals surface area contributed by atoms with Crippen LogP contribution in [0, 0.1) is 0 Å². The molecule has 0 spiro atoms. The van der Waals surface area contributed by atoms with Gasteiger partial charge in [-0.2, -0.15) is 0 Å². The number of nitrogens with zero attached hydrogens (tertiary/aromatic N) is 4. The van der Waals surface area contributed by atoms with Crippen LogP contribution in [0.3, 0.4) is 0 Å². The molecule has 0 bridgehead atoms. The highest BCUT2D eigenvalue weighted by Gasteiger charge is 2.32. The van der Waals surface area contributed by atoms with E-state index in [0.717, 1.165) is 41.3 Å². The molecule has 2 aromatic heterocycles. The molecule has 0 atom stereocenters. The van der Waals surface area contributed by atoms with Gasteiger partial charge in [0.2, 0.25) is 5.91 Å². The highest BCUT2D eigenvalue weighted by Crippen LogP contribution is 2.31. The number of likely N-dealkylation sites (N-methyl/N-ethyl adjacent to an activating group) is 1. The third-order valence-electron chi connectivity index (χ3n) is 4.72. The fourth-order valence-corrected chi connectivity index (χ4v) is 3.20. The van der Waals surface area contributed by atoms with Crippen LogP contribution in [0.25, 0.3) is 22.4 Å². The number of aromatic nitrogens is 3. The van der Waals surface area contributed by atoms with Crippen molar-refractivity contribution in [3.63, 3.8) is 0 Å².